The molecule has 4 rings (SSSR count). The quantitative estimate of drug-likeness (QED) is 0.518. The lowest BCUT2D eigenvalue weighted by Gasteiger charge is -2.14. The molecule has 2 heterocycles. The normalized spacial score (nSPS) is 17.6. The number of amides is 1. The Hall–Kier alpha value is -2.91. The average molecular weight is 509 g/mol. The SMILES string of the molecule is C[C@H](NC(=O)c1cc(Br)cc(OCC2CC2(F)F)c1)c1ncnn1-c1ncc(C#N)s1. The van der Waals surface area contributed by atoms with Crippen LogP contribution in [0.15, 0.2) is 35.2 Å². The third kappa shape index (κ3) is 4.72. The first kappa shape index (κ1) is 21.3. The highest BCUT2D eigenvalue weighted by Crippen LogP contribution is 2.48. The lowest BCUT2D eigenvalue weighted by Crippen LogP contribution is -2.28. The smallest absolute Gasteiger partial charge is 0.255 e. The summed E-state index contributed by atoms with van der Waals surface area (Å²) in [6.07, 6.45) is 2.60. The molecule has 2 atom stereocenters. The van der Waals surface area contributed by atoms with Gasteiger partial charge in [-0.05, 0) is 25.1 Å². The van der Waals surface area contributed by atoms with Crippen LogP contribution >= 0.6 is 27.3 Å². The number of carbonyl (C=O) groups is 1. The van der Waals surface area contributed by atoms with Gasteiger partial charge in [0.2, 0.25) is 5.13 Å². The lowest BCUT2D eigenvalue weighted by atomic mass is 10.2. The largest absolute Gasteiger partial charge is 0.493 e. The minimum Gasteiger partial charge on any atom is -0.493 e. The Balaban J connectivity index is 1.46. The highest BCUT2D eigenvalue weighted by Gasteiger charge is 2.57. The molecule has 8 nitrogen and oxygen atoms in total. The van der Waals surface area contributed by atoms with Gasteiger partial charge in [-0.25, -0.2) is 18.7 Å². The van der Waals surface area contributed by atoms with E-state index in [-0.39, 0.29) is 13.0 Å². The molecule has 0 saturated heterocycles. The van der Waals surface area contributed by atoms with Crippen molar-refractivity contribution in [3.05, 3.63) is 51.5 Å². The number of nitrogens with zero attached hydrogens (tertiary/aromatic N) is 5. The van der Waals surface area contributed by atoms with Crippen LogP contribution in [-0.2, 0) is 0 Å². The van der Waals surface area contributed by atoms with Crippen molar-refractivity contribution in [3.8, 4) is 17.0 Å². The maximum Gasteiger partial charge on any atom is 0.255 e. The lowest BCUT2D eigenvalue weighted by molar-refractivity contribution is 0.0853. The fourth-order valence-corrected chi connectivity index (χ4v) is 4.03. The molecule has 1 saturated carbocycles. The number of halogens is 3. The van der Waals surface area contributed by atoms with Gasteiger partial charge in [-0.1, -0.05) is 27.3 Å². The summed E-state index contributed by atoms with van der Waals surface area (Å²) in [5.41, 5.74) is 0.297. The molecular weight excluding hydrogens is 494 g/mol. The molecule has 1 aliphatic rings. The number of ether oxygens (including phenoxy) is 1. The van der Waals surface area contributed by atoms with Crippen molar-refractivity contribution >= 4 is 33.2 Å². The van der Waals surface area contributed by atoms with Gasteiger partial charge >= 0.3 is 0 Å². The van der Waals surface area contributed by atoms with Crippen LogP contribution in [-0.4, -0.2) is 38.2 Å². The molecule has 3 aromatic rings. The number of nitriles is 1. The highest BCUT2D eigenvalue weighted by atomic mass is 79.9. The van der Waals surface area contributed by atoms with Gasteiger partial charge in [0.25, 0.3) is 11.8 Å². The molecule has 0 radical (unpaired) electrons. The van der Waals surface area contributed by atoms with E-state index in [4.69, 9.17) is 10.00 Å². The topological polar surface area (TPSA) is 106 Å². The highest BCUT2D eigenvalue weighted by molar-refractivity contribution is 9.10. The van der Waals surface area contributed by atoms with Crippen LogP contribution in [0.4, 0.5) is 8.78 Å². The molecule has 12 heteroatoms. The van der Waals surface area contributed by atoms with E-state index in [1.807, 2.05) is 6.07 Å². The fourth-order valence-electron chi connectivity index (χ4n) is 2.88. The van der Waals surface area contributed by atoms with Crippen LogP contribution in [0.1, 0.15) is 40.4 Å². The number of aromatic nitrogens is 4. The van der Waals surface area contributed by atoms with Crippen molar-refractivity contribution in [2.45, 2.75) is 25.3 Å². The zero-order chi connectivity index (χ0) is 22.2. The van der Waals surface area contributed by atoms with E-state index >= 15 is 0 Å². The minimum absolute atomic E-state index is 0.109. The zero-order valence-electron chi connectivity index (χ0n) is 16.1. The Bertz CT molecular complexity index is 1170. The van der Waals surface area contributed by atoms with Gasteiger partial charge in [0.1, 0.15) is 23.0 Å². The van der Waals surface area contributed by atoms with Crippen LogP contribution in [0.2, 0.25) is 0 Å². The van der Waals surface area contributed by atoms with Crippen molar-refractivity contribution in [2.75, 3.05) is 6.61 Å². The number of rotatable bonds is 7. The molecular formula is C19H15BrF2N6O2S. The molecule has 1 N–H and O–H groups in total. The standard InChI is InChI=1S/C19H15BrF2N6O2S/c1-10(16-25-9-26-28(16)18-24-7-15(6-23)31-18)27-17(29)11-2-13(20)4-14(3-11)30-8-12-5-19(12,21)22/h2-4,7,9-10,12H,5,8H2,1H3,(H,27,29)/t10-,12?/m0/s1. The van der Waals surface area contributed by atoms with E-state index in [1.165, 1.54) is 23.3 Å². The third-order valence-electron chi connectivity index (χ3n) is 4.63. The summed E-state index contributed by atoms with van der Waals surface area (Å²) in [6, 6.07) is 6.20. The van der Waals surface area contributed by atoms with Gasteiger partial charge in [0, 0.05) is 16.5 Å². The molecule has 1 fully saturated rings. The summed E-state index contributed by atoms with van der Waals surface area (Å²) in [7, 11) is 0. The van der Waals surface area contributed by atoms with Gasteiger partial charge < -0.3 is 10.1 Å². The predicted molar refractivity (Wildman–Crippen MR) is 110 cm³/mol. The molecule has 1 aliphatic carbocycles. The van der Waals surface area contributed by atoms with Gasteiger partial charge in [0.15, 0.2) is 5.82 Å². The molecule has 0 spiro atoms. The summed E-state index contributed by atoms with van der Waals surface area (Å²) < 4.78 is 33.6. The Labute approximate surface area is 188 Å². The molecule has 1 amide bonds. The van der Waals surface area contributed by atoms with Gasteiger partial charge in [-0.2, -0.15) is 15.0 Å². The van der Waals surface area contributed by atoms with Gasteiger partial charge in [-0.15, -0.1) is 0 Å². The maximum atomic E-state index is 13.1. The first-order valence-corrected chi connectivity index (χ1v) is 10.8. The van der Waals surface area contributed by atoms with E-state index in [2.05, 4.69) is 36.3 Å². The third-order valence-corrected chi connectivity index (χ3v) is 5.97. The molecule has 0 aliphatic heterocycles. The number of thiazole rings is 1. The Kier molecular flexibility index (Phi) is 5.72. The fraction of sp³-hybridized carbons (Fsp3) is 0.316. The minimum atomic E-state index is -2.66. The number of alkyl halides is 2. The Morgan fingerprint density at radius 3 is 2.94 bits per heavy atom. The van der Waals surface area contributed by atoms with E-state index in [1.54, 1.807) is 19.1 Å². The average Bonchev–Trinajstić information content (AvgIpc) is 3.15. The van der Waals surface area contributed by atoms with E-state index in [0.717, 1.165) is 11.3 Å². The van der Waals surface area contributed by atoms with Gasteiger partial charge in [-0.3, -0.25) is 4.79 Å². The van der Waals surface area contributed by atoms with Crippen LogP contribution in [0.5, 0.6) is 5.75 Å². The summed E-state index contributed by atoms with van der Waals surface area (Å²) in [6.45, 7) is 1.63. The molecule has 0 bridgehead atoms. The van der Waals surface area contributed by atoms with E-state index < -0.39 is 23.8 Å². The Morgan fingerprint density at radius 1 is 1.48 bits per heavy atom. The first-order valence-electron chi connectivity index (χ1n) is 9.15. The second kappa shape index (κ2) is 8.32. The number of benzene rings is 1. The van der Waals surface area contributed by atoms with Crippen molar-refractivity contribution in [1.82, 2.24) is 25.1 Å². The molecule has 2 aromatic heterocycles. The molecule has 1 aromatic carbocycles. The summed E-state index contributed by atoms with van der Waals surface area (Å²) in [5.74, 6) is -3.09. The van der Waals surface area contributed by atoms with Crippen LogP contribution in [0.3, 0.4) is 0 Å². The van der Waals surface area contributed by atoms with Crippen LogP contribution < -0.4 is 10.1 Å². The van der Waals surface area contributed by atoms with Crippen molar-refractivity contribution < 1.29 is 18.3 Å². The number of nitrogens with one attached hydrogen (secondary N) is 1. The summed E-state index contributed by atoms with van der Waals surface area (Å²) in [4.78, 5) is 21.6. The molecule has 31 heavy (non-hydrogen) atoms. The number of hydrogen-bond donors (Lipinski definition) is 1. The zero-order valence-corrected chi connectivity index (χ0v) is 18.5. The first-order chi connectivity index (χ1) is 14.8. The van der Waals surface area contributed by atoms with Crippen LogP contribution in [0.25, 0.3) is 5.13 Å². The summed E-state index contributed by atoms with van der Waals surface area (Å²) in [5, 5.41) is 16.4. The number of carbonyl (C=O) groups excluding carboxylic acids is 1. The monoisotopic (exact) mass is 508 g/mol. The molecule has 160 valence electrons. The van der Waals surface area contributed by atoms with Crippen molar-refractivity contribution in [2.24, 2.45) is 5.92 Å². The summed E-state index contributed by atoms with van der Waals surface area (Å²) >= 11 is 4.47. The van der Waals surface area contributed by atoms with Crippen molar-refractivity contribution in [3.63, 3.8) is 0 Å². The second-order valence-corrected chi connectivity index (χ2v) is 8.92. The predicted octanol–water partition coefficient (Wildman–Crippen LogP) is 3.88. The Morgan fingerprint density at radius 2 is 2.26 bits per heavy atom. The van der Waals surface area contributed by atoms with Gasteiger partial charge in [0.05, 0.1) is 24.8 Å². The second-order valence-electron chi connectivity index (χ2n) is 6.99. The van der Waals surface area contributed by atoms with E-state index in [0.29, 0.717) is 31.6 Å². The van der Waals surface area contributed by atoms with Crippen LogP contribution in [0, 0.1) is 17.2 Å². The number of hydrogen-bond acceptors (Lipinski definition) is 7. The van der Waals surface area contributed by atoms with E-state index in [9.17, 15) is 13.6 Å². The van der Waals surface area contributed by atoms with Crippen molar-refractivity contribution in [1.29, 1.82) is 5.26 Å². The molecule has 1 unspecified atom stereocenters. The maximum absolute atomic E-state index is 13.1.